The van der Waals surface area contributed by atoms with Gasteiger partial charge in [-0.2, -0.15) is 0 Å². The maximum atomic E-state index is 9.25. The second-order valence-electron chi connectivity index (χ2n) is 5.58. The van der Waals surface area contributed by atoms with Crippen molar-refractivity contribution in [3.05, 3.63) is 29.3 Å². The van der Waals surface area contributed by atoms with Crippen LogP contribution in [-0.4, -0.2) is 25.4 Å². The van der Waals surface area contributed by atoms with Gasteiger partial charge in [-0.25, -0.2) is 0 Å². The van der Waals surface area contributed by atoms with Gasteiger partial charge in [-0.3, -0.25) is 0 Å². The Morgan fingerprint density at radius 3 is 2.42 bits per heavy atom. The zero-order chi connectivity index (χ0) is 14.4. The average molecular weight is 265 g/mol. The van der Waals surface area contributed by atoms with Crippen molar-refractivity contribution >= 4 is 0 Å². The average Bonchev–Trinajstić information content (AvgIpc) is 2.43. The van der Waals surface area contributed by atoms with Gasteiger partial charge in [0, 0.05) is 6.61 Å². The van der Waals surface area contributed by atoms with Gasteiger partial charge in [0.05, 0.1) is 7.11 Å². The normalized spacial score (nSPS) is 14.5. The number of benzene rings is 1. The van der Waals surface area contributed by atoms with Crippen molar-refractivity contribution < 1.29 is 9.84 Å². The van der Waals surface area contributed by atoms with Crippen molar-refractivity contribution in [2.24, 2.45) is 11.7 Å². The summed E-state index contributed by atoms with van der Waals surface area (Å²) in [6.45, 7) is 7.22. The molecule has 2 unspecified atom stereocenters. The molecule has 0 saturated carbocycles. The number of aliphatic hydroxyl groups is 1. The molecule has 0 heterocycles. The minimum atomic E-state index is 0.161. The first-order valence-corrected chi connectivity index (χ1v) is 7.02. The van der Waals surface area contributed by atoms with Gasteiger partial charge in [-0.15, -0.1) is 0 Å². The highest BCUT2D eigenvalue weighted by molar-refractivity contribution is 5.40. The maximum Gasteiger partial charge on any atom is 0.122 e. The van der Waals surface area contributed by atoms with Crippen LogP contribution in [0.1, 0.15) is 50.2 Å². The van der Waals surface area contributed by atoms with Crippen molar-refractivity contribution in [3.63, 3.8) is 0 Å². The Bertz CT molecular complexity index is 386. The molecule has 108 valence electrons. The molecular weight excluding hydrogens is 238 g/mol. The monoisotopic (exact) mass is 265 g/mol. The number of aliphatic hydroxyl groups excluding tert-OH is 1. The molecule has 0 aliphatic heterocycles. The van der Waals surface area contributed by atoms with Crippen LogP contribution >= 0.6 is 0 Å². The highest BCUT2D eigenvalue weighted by Gasteiger charge is 2.15. The predicted molar refractivity (Wildman–Crippen MR) is 79.7 cm³/mol. The summed E-state index contributed by atoms with van der Waals surface area (Å²) in [7, 11) is 1.71. The van der Waals surface area contributed by atoms with Gasteiger partial charge in [-0.1, -0.05) is 32.9 Å². The van der Waals surface area contributed by atoms with E-state index >= 15 is 0 Å². The SMILES string of the molecule is COc1ccc(C(C)CC(CN)CO)cc1C(C)C. The Hall–Kier alpha value is -1.06. The summed E-state index contributed by atoms with van der Waals surface area (Å²) in [6.07, 6.45) is 0.914. The van der Waals surface area contributed by atoms with Gasteiger partial charge in [0.25, 0.3) is 0 Å². The molecule has 1 aromatic rings. The van der Waals surface area contributed by atoms with Crippen LogP contribution in [-0.2, 0) is 0 Å². The summed E-state index contributed by atoms with van der Waals surface area (Å²) >= 11 is 0. The van der Waals surface area contributed by atoms with Crippen LogP contribution in [0.15, 0.2) is 18.2 Å². The third-order valence-corrected chi connectivity index (χ3v) is 3.72. The van der Waals surface area contributed by atoms with Gasteiger partial charge in [0.1, 0.15) is 5.75 Å². The van der Waals surface area contributed by atoms with E-state index in [1.807, 2.05) is 6.07 Å². The minimum absolute atomic E-state index is 0.161. The van der Waals surface area contributed by atoms with E-state index in [2.05, 4.69) is 32.9 Å². The minimum Gasteiger partial charge on any atom is -0.496 e. The van der Waals surface area contributed by atoms with E-state index in [9.17, 15) is 5.11 Å². The Labute approximate surface area is 116 Å². The second kappa shape index (κ2) is 7.51. The summed E-state index contributed by atoms with van der Waals surface area (Å²) in [5, 5.41) is 9.25. The van der Waals surface area contributed by atoms with Crippen molar-refractivity contribution in [2.45, 2.75) is 39.0 Å². The van der Waals surface area contributed by atoms with Gasteiger partial charge < -0.3 is 15.6 Å². The number of ether oxygens (including phenoxy) is 1. The summed E-state index contributed by atoms with van der Waals surface area (Å²) in [4.78, 5) is 0. The van der Waals surface area contributed by atoms with E-state index < -0.39 is 0 Å². The molecule has 0 aliphatic rings. The van der Waals surface area contributed by atoms with Crippen LogP contribution < -0.4 is 10.5 Å². The van der Waals surface area contributed by atoms with Gasteiger partial charge in [0.2, 0.25) is 0 Å². The van der Waals surface area contributed by atoms with Gasteiger partial charge in [0.15, 0.2) is 0 Å². The van der Waals surface area contributed by atoms with Crippen molar-refractivity contribution in [1.29, 1.82) is 0 Å². The molecule has 2 atom stereocenters. The number of rotatable bonds is 7. The molecule has 0 radical (unpaired) electrons. The lowest BCUT2D eigenvalue weighted by Gasteiger charge is -2.20. The van der Waals surface area contributed by atoms with Crippen molar-refractivity contribution in [2.75, 3.05) is 20.3 Å². The second-order valence-corrected chi connectivity index (χ2v) is 5.58. The molecule has 3 N–H and O–H groups in total. The van der Waals surface area contributed by atoms with Crippen LogP contribution in [0.3, 0.4) is 0 Å². The largest absolute Gasteiger partial charge is 0.496 e. The van der Waals surface area contributed by atoms with Crippen LogP contribution in [0.4, 0.5) is 0 Å². The molecule has 0 saturated heterocycles. The Balaban J connectivity index is 2.91. The lowest BCUT2D eigenvalue weighted by molar-refractivity contribution is 0.217. The summed E-state index contributed by atoms with van der Waals surface area (Å²) in [5.74, 6) is 1.96. The lowest BCUT2D eigenvalue weighted by Crippen LogP contribution is -2.20. The van der Waals surface area contributed by atoms with Crippen LogP contribution in [0.2, 0.25) is 0 Å². The fourth-order valence-corrected chi connectivity index (χ4v) is 2.39. The molecule has 3 heteroatoms. The van der Waals surface area contributed by atoms with Crippen LogP contribution in [0.5, 0.6) is 5.75 Å². The molecule has 0 aliphatic carbocycles. The smallest absolute Gasteiger partial charge is 0.122 e. The Morgan fingerprint density at radius 2 is 1.95 bits per heavy atom. The fraction of sp³-hybridized carbons (Fsp3) is 0.625. The molecule has 0 bridgehead atoms. The highest BCUT2D eigenvalue weighted by atomic mass is 16.5. The molecule has 0 spiro atoms. The quantitative estimate of drug-likeness (QED) is 0.797. The first kappa shape index (κ1) is 16.0. The Morgan fingerprint density at radius 1 is 1.26 bits per heavy atom. The molecule has 19 heavy (non-hydrogen) atoms. The predicted octanol–water partition coefficient (Wildman–Crippen LogP) is 2.88. The van der Waals surface area contributed by atoms with E-state index in [0.29, 0.717) is 18.4 Å². The van der Waals surface area contributed by atoms with Crippen molar-refractivity contribution in [3.8, 4) is 5.75 Å². The topological polar surface area (TPSA) is 55.5 Å². The van der Waals surface area contributed by atoms with Crippen molar-refractivity contribution in [1.82, 2.24) is 0 Å². The molecular formula is C16H27NO2. The highest BCUT2D eigenvalue weighted by Crippen LogP contribution is 2.31. The van der Waals surface area contributed by atoms with E-state index in [4.69, 9.17) is 10.5 Å². The number of methoxy groups -OCH3 is 1. The summed E-state index contributed by atoms with van der Waals surface area (Å²) in [5.41, 5.74) is 8.18. The van der Waals surface area contributed by atoms with E-state index in [-0.39, 0.29) is 12.5 Å². The number of nitrogens with two attached hydrogens (primary N) is 1. The molecule has 0 amide bonds. The maximum absolute atomic E-state index is 9.25. The van der Waals surface area contributed by atoms with Gasteiger partial charge in [-0.05, 0) is 47.9 Å². The zero-order valence-corrected chi connectivity index (χ0v) is 12.5. The molecule has 0 fully saturated rings. The van der Waals surface area contributed by atoms with E-state index in [1.165, 1.54) is 11.1 Å². The first-order valence-electron chi connectivity index (χ1n) is 7.02. The molecule has 1 rings (SSSR count). The first-order chi connectivity index (χ1) is 9.03. The number of hydrogen-bond acceptors (Lipinski definition) is 3. The van der Waals surface area contributed by atoms with Gasteiger partial charge >= 0.3 is 0 Å². The third-order valence-electron chi connectivity index (χ3n) is 3.72. The third kappa shape index (κ3) is 4.22. The zero-order valence-electron chi connectivity index (χ0n) is 12.5. The van der Waals surface area contributed by atoms with Crippen LogP contribution in [0, 0.1) is 5.92 Å². The number of hydrogen-bond donors (Lipinski definition) is 2. The molecule has 1 aromatic carbocycles. The van der Waals surface area contributed by atoms with E-state index in [1.54, 1.807) is 7.11 Å². The summed E-state index contributed by atoms with van der Waals surface area (Å²) < 4.78 is 5.40. The van der Waals surface area contributed by atoms with Crippen LogP contribution in [0.25, 0.3) is 0 Å². The Kier molecular flexibility index (Phi) is 6.32. The lowest BCUT2D eigenvalue weighted by atomic mass is 9.88. The summed E-state index contributed by atoms with van der Waals surface area (Å²) in [6, 6.07) is 6.37. The fourth-order valence-electron chi connectivity index (χ4n) is 2.39. The molecule has 3 nitrogen and oxygen atoms in total. The standard InChI is InChI=1S/C16H27NO2/c1-11(2)15-8-14(5-6-16(15)19-4)12(3)7-13(9-17)10-18/h5-6,8,11-13,18H,7,9-10,17H2,1-4H3. The van der Waals surface area contributed by atoms with E-state index in [0.717, 1.165) is 12.2 Å². The molecule has 0 aromatic heterocycles.